The fourth-order valence-corrected chi connectivity index (χ4v) is 7.77. The minimum Gasteiger partial charge on any atom is -0.455 e. The van der Waals surface area contributed by atoms with Crippen LogP contribution in [0.4, 0.5) is 0 Å². The van der Waals surface area contributed by atoms with Crippen molar-refractivity contribution in [3.63, 3.8) is 0 Å². The van der Waals surface area contributed by atoms with E-state index in [2.05, 4.69) is 170 Å². The first kappa shape index (κ1) is 26.1. The van der Waals surface area contributed by atoms with Crippen molar-refractivity contribution in [3.8, 4) is 33.4 Å². The second-order valence-corrected chi connectivity index (χ2v) is 12.4. The molecule has 0 N–H and O–H groups in total. The lowest BCUT2D eigenvalue weighted by Gasteiger charge is -2.19. The van der Waals surface area contributed by atoms with Crippen molar-refractivity contribution in [1.82, 2.24) is 0 Å². The van der Waals surface area contributed by atoms with Gasteiger partial charge in [-0.1, -0.05) is 158 Å². The molecule has 1 nitrogen and oxygen atoms in total. The predicted molar refractivity (Wildman–Crippen MR) is 200 cm³/mol. The minimum absolute atomic E-state index is 0.913. The van der Waals surface area contributed by atoms with Crippen molar-refractivity contribution in [1.29, 1.82) is 0 Å². The number of rotatable bonds is 3. The van der Waals surface area contributed by atoms with E-state index in [0.717, 1.165) is 27.5 Å². The molecule has 10 aromatic rings. The van der Waals surface area contributed by atoms with Crippen molar-refractivity contribution in [2.45, 2.75) is 0 Å². The van der Waals surface area contributed by atoms with Crippen LogP contribution < -0.4 is 0 Å². The Hall–Kier alpha value is -6.18. The SMILES string of the molecule is c1ccc2c(-c3ccc(-c4c5ccccc5c(-c5c6ccccc6cc6c5oc5ccccc56)c5ccccc45)cc3)cccc2c1. The molecule has 9 aromatic carbocycles. The Balaban J connectivity index is 1.28. The Labute approximate surface area is 271 Å². The molecule has 10 rings (SSSR count). The molecule has 0 bridgehead atoms. The van der Waals surface area contributed by atoms with Crippen LogP contribution in [0.3, 0.4) is 0 Å². The maximum absolute atomic E-state index is 6.74. The third-order valence-corrected chi connectivity index (χ3v) is 9.85. The summed E-state index contributed by atoms with van der Waals surface area (Å²) in [7, 11) is 0. The van der Waals surface area contributed by atoms with Crippen LogP contribution in [-0.2, 0) is 0 Å². The number of para-hydroxylation sites is 1. The second kappa shape index (κ2) is 10.2. The normalized spacial score (nSPS) is 11.8. The first-order chi connectivity index (χ1) is 23.3. The summed E-state index contributed by atoms with van der Waals surface area (Å²) in [5.41, 5.74) is 9.16. The zero-order valence-corrected chi connectivity index (χ0v) is 25.6. The van der Waals surface area contributed by atoms with Crippen molar-refractivity contribution in [2.75, 3.05) is 0 Å². The molecule has 1 heterocycles. The number of hydrogen-bond donors (Lipinski definition) is 0. The van der Waals surface area contributed by atoms with Gasteiger partial charge in [0, 0.05) is 21.9 Å². The maximum Gasteiger partial charge on any atom is 0.143 e. The monoisotopic (exact) mass is 596 g/mol. The molecule has 0 saturated heterocycles. The van der Waals surface area contributed by atoms with E-state index in [-0.39, 0.29) is 0 Å². The average Bonchev–Trinajstić information content (AvgIpc) is 3.51. The Morgan fingerprint density at radius 3 is 1.51 bits per heavy atom. The molecule has 47 heavy (non-hydrogen) atoms. The number of benzene rings is 9. The van der Waals surface area contributed by atoms with Gasteiger partial charge in [0.05, 0.1) is 0 Å². The molecular formula is C46H28O. The van der Waals surface area contributed by atoms with Gasteiger partial charge in [-0.15, -0.1) is 0 Å². The summed E-state index contributed by atoms with van der Waals surface area (Å²) in [6, 6.07) is 61.5. The summed E-state index contributed by atoms with van der Waals surface area (Å²) in [6.07, 6.45) is 0. The lowest BCUT2D eigenvalue weighted by atomic mass is 9.84. The summed E-state index contributed by atoms with van der Waals surface area (Å²) < 4.78 is 6.74. The highest BCUT2D eigenvalue weighted by Gasteiger charge is 2.22. The van der Waals surface area contributed by atoms with E-state index in [1.807, 2.05) is 0 Å². The van der Waals surface area contributed by atoms with Gasteiger partial charge in [0.2, 0.25) is 0 Å². The molecule has 0 aliphatic rings. The average molecular weight is 597 g/mol. The molecule has 0 aliphatic heterocycles. The van der Waals surface area contributed by atoms with E-state index in [9.17, 15) is 0 Å². The van der Waals surface area contributed by atoms with E-state index >= 15 is 0 Å². The molecule has 0 atom stereocenters. The molecule has 0 saturated carbocycles. The standard InChI is InChI=1S/C46H28O/c1-3-15-33-29(12-1)14-11-22-34(33)30-24-26-31(27-25-30)43-37-18-5-7-20-39(37)44(40-21-8-6-19-38(40)43)45-35-16-4-2-13-32(35)28-41-36-17-9-10-23-42(36)47-46(41)45/h1-28H. The Kier molecular flexibility index (Phi) is 5.64. The highest BCUT2D eigenvalue weighted by Crippen LogP contribution is 2.49. The zero-order valence-electron chi connectivity index (χ0n) is 25.6. The summed E-state index contributed by atoms with van der Waals surface area (Å²) in [4.78, 5) is 0. The van der Waals surface area contributed by atoms with E-state index in [1.54, 1.807) is 0 Å². The maximum atomic E-state index is 6.74. The Morgan fingerprint density at radius 2 is 0.809 bits per heavy atom. The Morgan fingerprint density at radius 1 is 0.298 bits per heavy atom. The third-order valence-electron chi connectivity index (χ3n) is 9.85. The molecule has 0 spiro atoms. The van der Waals surface area contributed by atoms with Crippen LogP contribution in [0.1, 0.15) is 0 Å². The molecule has 0 fully saturated rings. The van der Waals surface area contributed by atoms with Crippen LogP contribution >= 0.6 is 0 Å². The van der Waals surface area contributed by atoms with Crippen molar-refractivity contribution < 1.29 is 4.42 Å². The van der Waals surface area contributed by atoms with E-state index < -0.39 is 0 Å². The second-order valence-electron chi connectivity index (χ2n) is 12.4. The predicted octanol–water partition coefficient (Wildman–Crippen LogP) is 13.2. The summed E-state index contributed by atoms with van der Waals surface area (Å²) in [5, 5.41) is 12.1. The minimum atomic E-state index is 0.913. The summed E-state index contributed by atoms with van der Waals surface area (Å²) >= 11 is 0. The van der Waals surface area contributed by atoms with E-state index in [1.165, 1.54) is 70.9 Å². The lowest BCUT2D eigenvalue weighted by molar-refractivity contribution is 0.670. The van der Waals surface area contributed by atoms with Gasteiger partial charge < -0.3 is 4.42 Å². The van der Waals surface area contributed by atoms with Crippen LogP contribution in [0, 0.1) is 0 Å². The molecule has 0 aliphatic carbocycles. The van der Waals surface area contributed by atoms with Gasteiger partial charge in [-0.3, -0.25) is 0 Å². The largest absolute Gasteiger partial charge is 0.455 e. The fraction of sp³-hybridized carbons (Fsp3) is 0. The number of fused-ring (bicyclic) bond motifs is 7. The fourth-order valence-electron chi connectivity index (χ4n) is 7.77. The van der Waals surface area contributed by atoms with Crippen molar-refractivity contribution >= 4 is 65.0 Å². The zero-order chi connectivity index (χ0) is 30.9. The van der Waals surface area contributed by atoms with Crippen molar-refractivity contribution in [3.05, 3.63) is 170 Å². The lowest BCUT2D eigenvalue weighted by Crippen LogP contribution is -1.92. The number of hydrogen-bond acceptors (Lipinski definition) is 1. The van der Waals surface area contributed by atoms with Crippen LogP contribution in [0.2, 0.25) is 0 Å². The first-order valence-corrected chi connectivity index (χ1v) is 16.2. The van der Waals surface area contributed by atoms with Gasteiger partial charge in [-0.2, -0.15) is 0 Å². The Bertz CT molecular complexity index is 2770. The molecule has 0 radical (unpaired) electrons. The van der Waals surface area contributed by atoms with E-state index in [0.29, 0.717) is 0 Å². The highest BCUT2D eigenvalue weighted by molar-refractivity contribution is 6.28. The number of furan rings is 1. The van der Waals surface area contributed by atoms with Crippen LogP contribution in [-0.4, -0.2) is 0 Å². The summed E-state index contributed by atoms with van der Waals surface area (Å²) in [5.74, 6) is 0. The quantitative estimate of drug-likeness (QED) is 0.185. The van der Waals surface area contributed by atoms with Gasteiger partial charge >= 0.3 is 0 Å². The third kappa shape index (κ3) is 3.90. The molecule has 0 amide bonds. The molecular weight excluding hydrogens is 569 g/mol. The first-order valence-electron chi connectivity index (χ1n) is 16.2. The van der Waals surface area contributed by atoms with Crippen LogP contribution in [0.25, 0.3) is 98.4 Å². The molecule has 1 heteroatoms. The van der Waals surface area contributed by atoms with Gasteiger partial charge in [-0.05, 0) is 77.5 Å². The van der Waals surface area contributed by atoms with Gasteiger partial charge in [-0.25, -0.2) is 0 Å². The molecule has 0 unspecified atom stereocenters. The highest BCUT2D eigenvalue weighted by atomic mass is 16.3. The molecule has 218 valence electrons. The van der Waals surface area contributed by atoms with Crippen molar-refractivity contribution in [2.24, 2.45) is 0 Å². The van der Waals surface area contributed by atoms with Crippen LogP contribution in [0.15, 0.2) is 174 Å². The van der Waals surface area contributed by atoms with E-state index in [4.69, 9.17) is 4.42 Å². The topological polar surface area (TPSA) is 13.1 Å². The smallest absolute Gasteiger partial charge is 0.143 e. The molecule has 1 aromatic heterocycles. The van der Waals surface area contributed by atoms with Gasteiger partial charge in [0.1, 0.15) is 11.2 Å². The summed E-state index contributed by atoms with van der Waals surface area (Å²) in [6.45, 7) is 0. The van der Waals surface area contributed by atoms with Gasteiger partial charge in [0.25, 0.3) is 0 Å². The van der Waals surface area contributed by atoms with Crippen LogP contribution in [0.5, 0.6) is 0 Å². The van der Waals surface area contributed by atoms with Gasteiger partial charge in [0.15, 0.2) is 0 Å².